The molecule has 0 spiro atoms. The molecule has 2 aliphatic carbocycles. The molecule has 0 bridgehead atoms. The van der Waals surface area contributed by atoms with Gasteiger partial charge >= 0.3 is 0 Å². The van der Waals surface area contributed by atoms with Crippen LogP contribution in [0.1, 0.15) is 52.4 Å². The summed E-state index contributed by atoms with van der Waals surface area (Å²) in [6, 6.07) is 0. The van der Waals surface area contributed by atoms with E-state index in [0.29, 0.717) is 0 Å². The van der Waals surface area contributed by atoms with Crippen molar-refractivity contribution in [2.45, 2.75) is 52.4 Å². The number of hydrogen-bond acceptors (Lipinski definition) is 0. The molecule has 0 amide bonds. The first-order valence-electron chi connectivity index (χ1n) is 9.08. The van der Waals surface area contributed by atoms with Gasteiger partial charge in [-0.1, -0.05) is 62.5 Å². The van der Waals surface area contributed by atoms with Gasteiger partial charge in [0.15, 0.2) is 0 Å². The van der Waals surface area contributed by atoms with Crippen LogP contribution in [0.4, 0.5) is 4.39 Å². The van der Waals surface area contributed by atoms with Crippen LogP contribution in [-0.4, -0.2) is 0 Å². The van der Waals surface area contributed by atoms with E-state index in [0.717, 1.165) is 66.4 Å². The van der Waals surface area contributed by atoms with Crippen molar-refractivity contribution in [3.8, 4) is 0 Å². The highest BCUT2D eigenvalue weighted by Gasteiger charge is 2.18. The lowest BCUT2D eigenvalue weighted by Crippen LogP contribution is -2.03. The van der Waals surface area contributed by atoms with E-state index in [1.807, 2.05) is 12.2 Å². The summed E-state index contributed by atoms with van der Waals surface area (Å²) in [4.78, 5) is 0. The summed E-state index contributed by atoms with van der Waals surface area (Å²) in [5.41, 5.74) is 6.44. The van der Waals surface area contributed by atoms with Gasteiger partial charge in [0.2, 0.25) is 0 Å². The molecule has 0 unspecified atom stereocenters. The smallest absolute Gasteiger partial charge is 0.126 e. The maximum atomic E-state index is 14.5. The fourth-order valence-corrected chi connectivity index (χ4v) is 2.93. The highest BCUT2D eigenvalue weighted by atomic mass is 19.1. The van der Waals surface area contributed by atoms with Crippen molar-refractivity contribution < 1.29 is 4.39 Å². The topological polar surface area (TPSA) is 0 Å². The first kappa shape index (κ1) is 20.9. The Kier molecular flexibility index (Phi) is 8.91. The summed E-state index contributed by atoms with van der Waals surface area (Å²) in [5, 5.41) is 0. The van der Waals surface area contributed by atoms with Crippen molar-refractivity contribution >= 4 is 0 Å². The van der Waals surface area contributed by atoms with Gasteiger partial charge in [0.05, 0.1) is 0 Å². The summed E-state index contributed by atoms with van der Waals surface area (Å²) in [6.07, 6.45) is 15.5. The molecule has 0 saturated carbocycles. The molecule has 2 rings (SSSR count). The first-order valence-corrected chi connectivity index (χ1v) is 9.08. The van der Waals surface area contributed by atoms with Gasteiger partial charge in [-0.05, 0) is 66.9 Å². The van der Waals surface area contributed by atoms with E-state index >= 15 is 0 Å². The molecule has 1 heteroatoms. The Morgan fingerprint density at radius 2 is 1.76 bits per heavy atom. The normalized spacial score (nSPS) is 17.3. The van der Waals surface area contributed by atoms with E-state index in [1.165, 1.54) is 5.57 Å². The zero-order valence-corrected chi connectivity index (χ0v) is 15.8. The van der Waals surface area contributed by atoms with Crippen LogP contribution in [0.5, 0.6) is 0 Å². The average molecular weight is 339 g/mol. The van der Waals surface area contributed by atoms with E-state index in [9.17, 15) is 4.39 Å². The monoisotopic (exact) mass is 338 g/mol. The van der Waals surface area contributed by atoms with Gasteiger partial charge in [-0.15, -0.1) is 13.2 Å². The van der Waals surface area contributed by atoms with Crippen molar-refractivity contribution in [1.29, 1.82) is 0 Å². The molecule has 0 radical (unpaired) electrons. The van der Waals surface area contributed by atoms with Gasteiger partial charge in [0, 0.05) is 0 Å². The summed E-state index contributed by atoms with van der Waals surface area (Å²) in [5.74, 6) is -0.0882. The third kappa shape index (κ3) is 6.01. The summed E-state index contributed by atoms with van der Waals surface area (Å²) < 4.78 is 14.5. The molecule has 0 N–H and O–H groups in total. The second kappa shape index (κ2) is 10.7. The van der Waals surface area contributed by atoms with Crippen molar-refractivity contribution in [2.24, 2.45) is 0 Å². The minimum Gasteiger partial charge on any atom is -0.207 e. The number of rotatable bonds is 6. The standard InChI is InChI=1S/C22H27F.C2H4/c1-5-16(3)7-8-17(4)20-13-14-21(22(23)15-20)19-11-9-18(6-2)10-12-19;1-2/h7-9,11,15H,3-6,10,12-14H2,1-2H3;1-2H2/b8-7-;. The Morgan fingerprint density at radius 3 is 2.28 bits per heavy atom. The van der Waals surface area contributed by atoms with E-state index in [-0.39, 0.29) is 5.83 Å². The van der Waals surface area contributed by atoms with Crippen molar-refractivity contribution in [1.82, 2.24) is 0 Å². The molecule has 134 valence electrons. The number of halogens is 1. The van der Waals surface area contributed by atoms with Crippen LogP contribution in [0.15, 0.2) is 96.0 Å². The minimum atomic E-state index is -0.0882. The largest absolute Gasteiger partial charge is 0.207 e. The molecule has 0 aliphatic heterocycles. The van der Waals surface area contributed by atoms with E-state index in [1.54, 1.807) is 6.08 Å². The number of hydrogen-bond donors (Lipinski definition) is 0. The lowest BCUT2D eigenvalue weighted by atomic mass is 9.85. The Morgan fingerprint density at radius 1 is 1.04 bits per heavy atom. The molecule has 2 aliphatic rings. The van der Waals surface area contributed by atoms with Gasteiger partial charge in [0.1, 0.15) is 5.83 Å². The van der Waals surface area contributed by atoms with Gasteiger partial charge in [-0.2, -0.15) is 0 Å². The second-order valence-corrected chi connectivity index (χ2v) is 6.24. The fraction of sp³-hybridized carbons (Fsp3) is 0.333. The molecule has 25 heavy (non-hydrogen) atoms. The van der Waals surface area contributed by atoms with Gasteiger partial charge in [-0.3, -0.25) is 0 Å². The molecular weight excluding hydrogens is 307 g/mol. The van der Waals surface area contributed by atoms with Crippen LogP contribution in [0.3, 0.4) is 0 Å². The van der Waals surface area contributed by atoms with Crippen LogP contribution < -0.4 is 0 Å². The quantitative estimate of drug-likeness (QED) is 0.341. The Balaban J connectivity index is 0.00000151. The van der Waals surface area contributed by atoms with Crippen molar-refractivity contribution in [3.63, 3.8) is 0 Å². The van der Waals surface area contributed by atoms with E-state index in [4.69, 9.17) is 0 Å². The SMILES string of the molecule is C=C.C=C(/C=C\C(=C)C1=CC(F)=C(C2=CC=C(CC)CC2)CC1)CC. The lowest BCUT2D eigenvalue weighted by molar-refractivity contribution is 0.630. The lowest BCUT2D eigenvalue weighted by Gasteiger charge is -2.21. The predicted octanol–water partition coefficient (Wildman–Crippen LogP) is 7.87. The van der Waals surface area contributed by atoms with Crippen LogP contribution in [-0.2, 0) is 0 Å². The molecule has 0 aromatic rings. The van der Waals surface area contributed by atoms with Crippen LogP contribution in [0.2, 0.25) is 0 Å². The maximum absolute atomic E-state index is 14.5. The third-order valence-electron chi connectivity index (χ3n) is 4.70. The summed E-state index contributed by atoms with van der Waals surface area (Å²) in [7, 11) is 0. The second-order valence-electron chi connectivity index (χ2n) is 6.24. The summed E-state index contributed by atoms with van der Waals surface area (Å²) in [6.45, 7) is 18.3. The zero-order valence-electron chi connectivity index (χ0n) is 15.8. The van der Waals surface area contributed by atoms with Crippen LogP contribution in [0.25, 0.3) is 0 Å². The van der Waals surface area contributed by atoms with Crippen molar-refractivity contribution in [3.05, 3.63) is 96.0 Å². The Labute approximate surface area is 153 Å². The first-order chi connectivity index (χ1) is 12.0. The molecular formula is C24H31F. The summed E-state index contributed by atoms with van der Waals surface area (Å²) >= 11 is 0. The predicted molar refractivity (Wildman–Crippen MR) is 110 cm³/mol. The van der Waals surface area contributed by atoms with E-state index < -0.39 is 0 Å². The molecule has 0 saturated heterocycles. The van der Waals surface area contributed by atoms with Gasteiger partial charge < -0.3 is 0 Å². The van der Waals surface area contributed by atoms with E-state index in [2.05, 4.69) is 52.3 Å². The minimum absolute atomic E-state index is 0.0882. The maximum Gasteiger partial charge on any atom is 0.126 e. The Hall–Kier alpha value is -2.15. The molecule has 0 aromatic carbocycles. The van der Waals surface area contributed by atoms with Crippen LogP contribution in [0, 0.1) is 0 Å². The van der Waals surface area contributed by atoms with Crippen LogP contribution >= 0.6 is 0 Å². The molecule has 0 aromatic heterocycles. The Bertz CT molecular complexity index is 662. The highest BCUT2D eigenvalue weighted by molar-refractivity contribution is 5.50. The number of allylic oxidation sites excluding steroid dienone is 12. The average Bonchev–Trinajstić information content (AvgIpc) is 2.67. The molecule has 0 heterocycles. The van der Waals surface area contributed by atoms with Crippen molar-refractivity contribution in [2.75, 3.05) is 0 Å². The molecule has 0 nitrogen and oxygen atoms in total. The molecule has 0 atom stereocenters. The highest BCUT2D eigenvalue weighted by Crippen LogP contribution is 2.36. The van der Waals surface area contributed by atoms with Gasteiger partial charge in [-0.25, -0.2) is 4.39 Å². The third-order valence-corrected chi connectivity index (χ3v) is 4.70. The van der Waals surface area contributed by atoms with Gasteiger partial charge in [0.25, 0.3) is 0 Å². The molecule has 0 fully saturated rings. The fourth-order valence-electron chi connectivity index (χ4n) is 2.93. The zero-order chi connectivity index (χ0) is 18.8.